The second kappa shape index (κ2) is 10.6. The lowest BCUT2D eigenvalue weighted by Gasteiger charge is -2.28. The number of aromatic nitrogens is 2. The highest BCUT2D eigenvalue weighted by Crippen LogP contribution is 2.34. The van der Waals surface area contributed by atoms with Gasteiger partial charge in [-0.3, -0.25) is 18.9 Å². The molecule has 0 atom stereocenters. The third kappa shape index (κ3) is 5.11. The normalized spacial score (nSPS) is 21.5. The topological polar surface area (TPSA) is 66.7 Å². The first-order valence-corrected chi connectivity index (χ1v) is 13.7. The van der Waals surface area contributed by atoms with Crippen molar-refractivity contribution in [3.63, 3.8) is 0 Å². The predicted octanol–water partition coefficient (Wildman–Crippen LogP) is 5.44. The molecule has 2 aromatic heterocycles. The number of pyridine rings is 1. The molecule has 1 saturated carbocycles. The van der Waals surface area contributed by atoms with Gasteiger partial charge in [0.25, 0.3) is 11.5 Å². The Labute approximate surface area is 220 Å². The van der Waals surface area contributed by atoms with E-state index in [0.717, 1.165) is 42.7 Å². The van der Waals surface area contributed by atoms with Crippen molar-refractivity contribution >= 4 is 51.7 Å². The van der Waals surface area contributed by atoms with Crippen molar-refractivity contribution in [2.24, 2.45) is 5.92 Å². The minimum atomic E-state index is -0.190. The average molecular weight is 519 g/mol. The van der Waals surface area contributed by atoms with Crippen LogP contribution < -0.4 is 10.9 Å². The number of nitrogens with zero attached hydrogens (tertiary/aromatic N) is 3. The second-order valence-corrected chi connectivity index (χ2v) is 11.4. The molecule has 1 aromatic carbocycles. The Balaban J connectivity index is 1.48. The summed E-state index contributed by atoms with van der Waals surface area (Å²) in [4.78, 5) is 33.9. The fourth-order valence-corrected chi connectivity index (χ4v) is 6.15. The van der Waals surface area contributed by atoms with E-state index < -0.39 is 0 Å². The van der Waals surface area contributed by atoms with Gasteiger partial charge in [0.2, 0.25) is 0 Å². The Morgan fingerprint density at radius 2 is 1.86 bits per heavy atom. The number of carbonyl (C=O) groups excluding carboxylic acids is 1. The molecule has 3 heterocycles. The van der Waals surface area contributed by atoms with Gasteiger partial charge in [0.15, 0.2) is 0 Å². The van der Waals surface area contributed by atoms with Gasteiger partial charge in [-0.2, -0.15) is 0 Å². The lowest BCUT2D eigenvalue weighted by atomic mass is 9.87. The van der Waals surface area contributed by atoms with Crippen molar-refractivity contribution in [3.05, 3.63) is 80.6 Å². The van der Waals surface area contributed by atoms with Crippen molar-refractivity contribution in [2.45, 2.75) is 52.0 Å². The Bertz CT molecular complexity index is 1390. The molecule has 0 unspecified atom stereocenters. The van der Waals surface area contributed by atoms with Crippen LogP contribution in [0, 0.1) is 12.8 Å². The van der Waals surface area contributed by atoms with Gasteiger partial charge < -0.3 is 5.32 Å². The molecular formula is C28H30N4O2S2. The summed E-state index contributed by atoms with van der Waals surface area (Å²) in [5.41, 5.74) is 2.91. The van der Waals surface area contributed by atoms with E-state index in [0.29, 0.717) is 39.2 Å². The molecule has 0 bridgehead atoms. The first-order valence-electron chi connectivity index (χ1n) is 12.5. The summed E-state index contributed by atoms with van der Waals surface area (Å²) in [6, 6.07) is 14.1. The van der Waals surface area contributed by atoms with E-state index in [9.17, 15) is 9.59 Å². The van der Waals surface area contributed by atoms with Crippen LogP contribution in [0.4, 0.5) is 5.82 Å². The first-order chi connectivity index (χ1) is 17.4. The maximum Gasteiger partial charge on any atom is 0.267 e. The number of anilines is 1. The van der Waals surface area contributed by atoms with E-state index >= 15 is 0 Å². The van der Waals surface area contributed by atoms with Gasteiger partial charge in [-0.1, -0.05) is 67.3 Å². The number of fused-ring (bicyclic) bond motifs is 1. The molecule has 8 heteroatoms. The third-order valence-electron chi connectivity index (χ3n) is 7.06. The molecule has 0 radical (unpaired) electrons. The van der Waals surface area contributed by atoms with Gasteiger partial charge in [-0.15, -0.1) is 0 Å². The third-order valence-corrected chi connectivity index (χ3v) is 8.43. The highest BCUT2D eigenvalue weighted by atomic mass is 32.2. The molecule has 6 nitrogen and oxygen atoms in total. The van der Waals surface area contributed by atoms with Crippen LogP contribution in [0.5, 0.6) is 0 Å². The number of amides is 1. The molecule has 2 aliphatic rings. The van der Waals surface area contributed by atoms with Gasteiger partial charge in [-0.05, 0) is 68.2 Å². The molecule has 2 fully saturated rings. The molecule has 3 aromatic rings. The first kappa shape index (κ1) is 24.7. The lowest BCUT2D eigenvalue weighted by molar-refractivity contribution is -0.122. The highest BCUT2D eigenvalue weighted by molar-refractivity contribution is 8.26. The summed E-state index contributed by atoms with van der Waals surface area (Å²) >= 11 is 6.79. The van der Waals surface area contributed by atoms with E-state index in [1.165, 1.54) is 11.8 Å². The number of carbonyl (C=O) groups is 1. The van der Waals surface area contributed by atoms with Crippen LogP contribution in [0.3, 0.4) is 0 Å². The second-order valence-electron chi connectivity index (χ2n) is 9.73. The molecule has 1 aliphatic heterocycles. The molecule has 1 saturated heterocycles. The van der Waals surface area contributed by atoms with Crippen LogP contribution in [0.2, 0.25) is 0 Å². The number of hydrogen-bond acceptors (Lipinski definition) is 6. The summed E-state index contributed by atoms with van der Waals surface area (Å²) in [6.45, 7) is 4.74. The average Bonchev–Trinajstić information content (AvgIpc) is 3.14. The van der Waals surface area contributed by atoms with E-state index in [2.05, 4.69) is 12.2 Å². The molecule has 186 valence electrons. The molecular weight excluding hydrogens is 488 g/mol. The lowest BCUT2D eigenvalue weighted by Crippen LogP contribution is -2.30. The van der Waals surface area contributed by atoms with Crippen molar-refractivity contribution in [3.8, 4) is 0 Å². The quantitative estimate of drug-likeness (QED) is 0.346. The molecule has 1 aliphatic carbocycles. The Morgan fingerprint density at radius 3 is 2.61 bits per heavy atom. The van der Waals surface area contributed by atoms with E-state index in [4.69, 9.17) is 17.2 Å². The zero-order chi connectivity index (χ0) is 25.2. The molecule has 36 heavy (non-hydrogen) atoms. The monoisotopic (exact) mass is 518 g/mol. The number of aryl methyl sites for hydroxylation is 1. The number of thioether (sulfide) groups is 1. The summed E-state index contributed by atoms with van der Waals surface area (Å²) in [6.07, 6.45) is 8.50. The van der Waals surface area contributed by atoms with Crippen molar-refractivity contribution in [1.29, 1.82) is 0 Å². The summed E-state index contributed by atoms with van der Waals surface area (Å²) < 4.78 is 2.08. The van der Waals surface area contributed by atoms with Crippen molar-refractivity contribution < 1.29 is 4.79 Å². The van der Waals surface area contributed by atoms with E-state index in [1.807, 2.05) is 49.4 Å². The largest absolute Gasteiger partial charge is 0.367 e. The van der Waals surface area contributed by atoms with E-state index in [1.54, 1.807) is 21.6 Å². The fourth-order valence-electron chi connectivity index (χ4n) is 4.86. The predicted molar refractivity (Wildman–Crippen MR) is 151 cm³/mol. The molecule has 5 rings (SSSR count). The minimum Gasteiger partial charge on any atom is -0.367 e. The number of rotatable bonds is 6. The minimum absolute atomic E-state index is 0.160. The fraction of sp³-hybridized carbons (Fsp3) is 0.357. The Kier molecular flexibility index (Phi) is 7.25. The van der Waals surface area contributed by atoms with Crippen LogP contribution >= 0.6 is 24.0 Å². The summed E-state index contributed by atoms with van der Waals surface area (Å²) in [7, 11) is 0. The van der Waals surface area contributed by atoms with Gasteiger partial charge in [0.05, 0.1) is 10.5 Å². The number of hydrogen-bond donors (Lipinski definition) is 1. The Hall–Kier alpha value is -2.97. The number of benzene rings is 1. The summed E-state index contributed by atoms with van der Waals surface area (Å²) in [5, 5.41) is 3.55. The van der Waals surface area contributed by atoms with Crippen LogP contribution in [0.15, 0.2) is 58.4 Å². The van der Waals surface area contributed by atoms with Crippen LogP contribution in [0.25, 0.3) is 11.7 Å². The maximum atomic E-state index is 13.6. The van der Waals surface area contributed by atoms with Crippen molar-refractivity contribution in [1.82, 2.24) is 14.3 Å². The zero-order valence-corrected chi connectivity index (χ0v) is 22.2. The van der Waals surface area contributed by atoms with Gasteiger partial charge in [-0.25, -0.2) is 4.98 Å². The molecule has 1 amide bonds. The van der Waals surface area contributed by atoms with Crippen molar-refractivity contribution in [2.75, 3.05) is 11.9 Å². The smallest absolute Gasteiger partial charge is 0.267 e. The van der Waals surface area contributed by atoms with Crippen LogP contribution in [-0.4, -0.2) is 37.1 Å². The van der Waals surface area contributed by atoms with Crippen LogP contribution in [0.1, 0.15) is 49.3 Å². The van der Waals surface area contributed by atoms with Crippen LogP contribution in [-0.2, 0) is 11.2 Å². The maximum absolute atomic E-state index is 13.6. The summed E-state index contributed by atoms with van der Waals surface area (Å²) in [5.74, 6) is 1.10. The van der Waals surface area contributed by atoms with E-state index in [-0.39, 0.29) is 17.5 Å². The molecule has 0 spiro atoms. The van der Waals surface area contributed by atoms with Gasteiger partial charge in [0, 0.05) is 18.8 Å². The highest BCUT2D eigenvalue weighted by Gasteiger charge is 2.32. The Morgan fingerprint density at radius 1 is 1.11 bits per heavy atom. The molecule has 1 N–H and O–H groups in total. The zero-order valence-electron chi connectivity index (χ0n) is 20.6. The standard InChI is InChI=1S/C28H30N4O2S2/c1-18-10-12-21(13-11-18)29-24-22(26(33)31-15-6-7-19(2)25(31)30-24)17-23-27(34)32(28(35)36-23)16-14-20-8-4-3-5-9-20/h3-9,15,17-18,21,29H,10-14,16H2,1-2H3. The van der Waals surface area contributed by atoms with Gasteiger partial charge >= 0.3 is 0 Å². The number of thiocarbonyl (C=S) groups is 1. The number of nitrogens with one attached hydrogen (secondary N) is 1. The SMILES string of the molecule is Cc1cccn2c(=O)c(C=C3SC(=S)N(CCc4ccccc4)C3=O)c(NC3CCC(C)CC3)nc12. The van der Waals surface area contributed by atoms with Gasteiger partial charge in [0.1, 0.15) is 15.8 Å².